The summed E-state index contributed by atoms with van der Waals surface area (Å²) >= 11 is 1.56. The summed E-state index contributed by atoms with van der Waals surface area (Å²) in [5.74, 6) is -2.67. The van der Waals surface area contributed by atoms with Gasteiger partial charge in [-0.05, 0) is 60.1 Å². The molecule has 19 heteroatoms. The number of aliphatic hydroxyl groups is 1. The van der Waals surface area contributed by atoms with Crippen molar-refractivity contribution in [1.82, 2.24) is 45.8 Å². The Bertz CT molecular complexity index is 2880. The molecule has 2 aliphatic heterocycles. The van der Waals surface area contributed by atoms with Crippen LogP contribution in [0.4, 0.5) is 4.39 Å². The number of aryl methyl sites for hydroxylation is 1. The number of nitrogens with zero attached hydrogens (tertiary/aromatic N) is 5. The van der Waals surface area contributed by atoms with Crippen LogP contribution in [0, 0.1) is 18.2 Å². The van der Waals surface area contributed by atoms with E-state index in [4.69, 9.17) is 0 Å². The van der Waals surface area contributed by atoms with Crippen LogP contribution in [-0.2, 0) is 36.9 Å². The second-order valence-electron chi connectivity index (χ2n) is 20.8. The summed E-state index contributed by atoms with van der Waals surface area (Å²) in [5.41, 5.74) is 4.89. The molecule has 3 unspecified atom stereocenters. The number of benzene rings is 3. The lowest BCUT2D eigenvalue weighted by Gasteiger charge is -2.35. The minimum Gasteiger partial charge on any atom is -0.391 e. The zero-order valence-electron chi connectivity index (χ0n) is 43.4. The van der Waals surface area contributed by atoms with Crippen molar-refractivity contribution in [3.63, 3.8) is 0 Å². The number of thiazole rings is 1. The number of rotatable bonds is 22. The molecule has 75 heavy (non-hydrogen) atoms. The summed E-state index contributed by atoms with van der Waals surface area (Å²) in [5, 5.41) is 26.8. The molecule has 0 saturated carbocycles. The Kier molecular flexibility index (Phi) is 19.4. The molecule has 2 aromatic heterocycles. The van der Waals surface area contributed by atoms with Crippen molar-refractivity contribution in [2.45, 2.75) is 129 Å². The van der Waals surface area contributed by atoms with Crippen molar-refractivity contribution in [2.24, 2.45) is 5.41 Å². The van der Waals surface area contributed by atoms with Crippen molar-refractivity contribution in [2.75, 3.05) is 39.3 Å². The molecule has 6 amide bonds. The summed E-state index contributed by atoms with van der Waals surface area (Å²) in [6.07, 6.45) is 7.30. The number of β-amino-alcohol motifs (C(OH)–C–C–N with tert-alkyl or cyclic N) is 1. The predicted molar refractivity (Wildman–Crippen MR) is 285 cm³/mol. The third-order valence-corrected chi connectivity index (χ3v) is 15.0. The first-order chi connectivity index (χ1) is 36.0. The molecule has 5 N–H and O–H groups in total. The lowest BCUT2D eigenvalue weighted by molar-refractivity contribution is -0.144. The quantitative estimate of drug-likeness (QED) is 0.0494. The third kappa shape index (κ3) is 15.1. The first-order valence-electron chi connectivity index (χ1n) is 26.1. The highest BCUT2D eigenvalue weighted by atomic mass is 32.1. The maximum atomic E-state index is 15.0. The van der Waals surface area contributed by atoms with Gasteiger partial charge in [-0.25, -0.2) is 14.5 Å². The monoisotopic (exact) mass is 1050 g/mol. The van der Waals surface area contributed by atoms with Crippen molar-refractivity contribution in [1.29, 1.82) is 0 Å². The number of aromatic amines is 1. The molecule has 5 aromatic rings. The highest BCUT2D eigenvalue weighted by molar-refractivity contribution is 7.13. The van der Waals surface area contributed by atoms with Crippen LogP contribution in [0.1, 0.15) is 124 Å². The van der Waals surface area contributed by atoms with E-state index in [2.05, 4.69) is 31.1 Å². The van der Waals surface area contributed by atoms with Crippen LogP contribution >= 0.6 is 11.3 Å². The van der Waals surface area contributed by atoms with Gasteiger partial charge in [-0.3, -0.25) is 33.6 Å². The van der Waals surface area contributed by atoms with Gasteiger partial charge in [0.15, 0.2) is 0 Å². The molecule has 7 rings (SSSR count). The number of aliphatic hydroxyl groups excluding tert-OH is 1. The molecule has 2 aliphatic rings. The maximum Gasteiger partial charge on any atom is 0.272 e. The number of carbonyl (C=O) groups excluding carboxylic acids is 6. The Morgan fingerprint density at radius 3 is 2.12 bits per heavy atom. The smallest absolute Gasteiger partial charge is 0.272 e. The van der Waals surface area contributed by atoms with Gasteiger partial charge in [0.05, 0.1) is 45.4 Å². The molecule has 0 spiro atoms. The van der Waals surface area contributed by atoms with E-state index >= 15 is 0 Å². The Morgan fingerprint density at radius 1 is 0.813 bits per heavy atom. The minimum atomic E-state index is -1.01. The molecule has 17 nitrogen and oxygen atoms in total. The molecule has 4 heterocycles. The Hall–Kier alpha value is -6.86. The average molecular weight is 1050 g/mol. The van der Waals surface area contributed by atoms with E-state index in [1.165, 1.54) is 17.0 Å². The minimum absolute atomic E-state index is 0.0379. The van der Waals surface area contributed by atoms with E-state index < -0.39 is 53.0 Å². The van der Waals surface area contributed by atoms with Gasteiger partial charge in [0.2, 0.25) is 29.5 Å². The number of amides is 6. The number of carbonyl (C=O) groups is 6. The molecule has 3 atom stereocenters. The fourth-order valence-electron chi connectivity index (χ4n) is 9.72. The molecular weight excluding hydrogens is 978 g/mol. The molecule has 2 saturated heterocycles. The zero-order chi connectivity index (χ0) is 53.6. The van der Waals surface area contributed by atoms with Crippen LogP contribution < -0.4 is 21.5 Å². The van der Waals surface area contributed by atoms with Crippen molar-refractivity contribution < 1.29 is 38.3 Å². The van der Waals surface area contributed by atoms with E-state index in [-0.39, 0.29) is 55.4 Å². The first kappa shape index (κ1) is 55.9. The van der Waals surface area contributed by atoms with Gasteiger partial charge in [0, 0.05) is 70.3 Å². The van der Waals surface area contributed by atoms with Gasteiger partial charge in [-0.2, -0.15) is 5.10 Å². The van der Waals surface area contributed by atoms with E-state index in [1.54, 1.807) is 65.6 Å². The molecule has 3 aromatic carbocycles. The number of halogens is 1. The largest absolute Gasteiger partial charge is 0.391 e. The van der Waals surface area contributed by atoms with E-state index in [1.807, 2.05) is 43.3 Å². The second kappa shape index (κ2) is 26.1. The van der Waals surface area contributed by atoms with Gasteiger partial charge in [-0.1, -0.05) is 108 Å². The number of fused-ring (bicyclic) bond motifs is 1. The maximum absolute atomic E-state index is 15.0. The summed E-state index contributed by atoms with van der Waals surface area (Å²) in [6, 6.07) is 17.4. The van der Waals surface area contributed by atoms with Crippen molar-refractivity contribution in [3.8, 4) is 10.4 Å². The van der Waals surface area contributed by atoms with Crippen LogP contribution in [0.5, 0.6) is 0 Å². The zero-order valence-corrected chi connectivity index (χ0v) is 44.2. The summed E-state index contributed by atoms with van der Waals surface area (Å²) < 4.78 is 15.0. The summed E-state index contributed by atoms with van der Waals surface area (Å²) in [4.78, 5) is 102. The van der Waals surface area contributed by atoms with Crippen LogP contribution in [-0.4, -0.2) is 128 Å². The fourth-order valence-corrected chi connectivity index (χ4v) is 10.5. The lowest BCUT2D eigenvalue weighted by Crippen LogP contribution is -2.58. The number of unbranched alkanes of at least 4 members (excludes halogenated alkanes) is 7. The number of aromatic nitrogens is 3. The van der Waals surface area contributed by atoms with Crippen LogP contribution in [0.15, 0.2) is 77.0 Å². The van der Waals surface area contributed by atoms with Crippen LogP contribution in [0.2, 0.25) is 0 Å². The summed E-state index contributed by atoms with van der Waals surface area (Å²) in [6.45, 7) is 8.63. The Morgan fingerprint density at radius 2 is 1.45 bits per heavy atom. The Balaban J connectivity index is 0.730. The van der Waals surface area contributed by atoms with E-state index in [9.17, 15) is 43.1 Å². The van der Waals surface area contributed by atoms with Gasteiger partial charge in [-0.15, -0.1) is 11.3 Å². The van der Waals surface area contributed by atoms with E-state index in [0.717, 1.165) is 66.6 Å². The number of likely N-dealkylation sites (tertiary alicyclic amines) is 1. The van der Waals surface area contributed by atoms with Gasteiger partial charge in [0.1, 0.15) is 17.9 Å². The second-order valence-corrected chi connectivity index (χ2v) is 21.6. The topological polar surface area (TPSA) is 227 Å². The fraction of sp³-hybridized carbons (Fsp3) is 0.482. The number of hydrogen-bond donors (Lipinski definition) is 5. The summed E-state index contributed by atoms with van der Waals surface area (Å²) in [7, 11) is 0. The van der Waals surface area contributed by atoms with Gasteiger partial charge >= 0.3 is 0 Å². The Labute approximate surface area is 441 Å². The lowest BCUT2D eigenvalue weighted by atomic mass is 9.85. The van der Waals surface area contributed by atoms with Gasteiger partial charge < -0.3 is 35.8 Å². The predicted octanol–water partition coefficient (Wildman–Crippen LogP) is 6.20. The third-order valence-electron chi connectivity index (χ3n) is 14.0. The molecular formula is C56H70FN9O8S. The number of hydrogen-bond acceptors (Lipinski definition) is 11. The van der Waals surface area contributed by atoms with Crippen molar-refractivity contribution in [3.05, 3.63) is 116 Å². The average Bonchev–Trinajstić information content (AvgIpc) is 4.03. The highest BCUT2D eigenvalue weighted by Crippen LogP contribution is 2.29. The standard InChI is InChI=1S/C56H70FN9O8S/c1-36-50(75-35-60-36)39-22-19-37(20-23-39)32-59-53(72)46-31-40(67)34-66(46)55(74)51(56(2,3)4)61-48(69)33-58-47(68)17-11-9-7-5-6-8-10-12-18-49(70)64-25-27-65(28-26-64)54(73)43-29-38(21-24-44(43)57)30-45-41-15-13-14-16-42(41)52(71)63-62-45/h13-16,19-24,29,35,40,46,51,67H,5-12,17-18,25-28,30-34H2,1-4H3,(H,58,68)(H,59,72)(H,61,69)(H,63,71). The van der Waals surface area contributed by atoms with Crippen molar-refractivity contribution >= 4 is 57.6 Å². The first-order valence-corrected chi connectivity index (χ1v) is 27.0. The highest BCUT2D eigenvalue weighted by Gasteiger charge is 2.44. The SMILES string of the molecule is Cc1ncsc1-c1ccc(CNC(=O)C2CC(O)CN2C(=O)C(NC(=O)CNC(=O)CCCCCCCCCCC(=O)N2CCN(C(=O)c3cc(Cc4n[nH]c(=O)c5ccccc45)ccc3F)CC2)C(C)(C)C)cc1. The number of H-pyrrole nitrogens is 1. The number of piperazine rings is 1. The molecule has 400 valence electrons. The molecule has 0 bridgehead atoms. The van der Waals surface area contributed by atoms with E-state index in [0.29, 0.717) is 67.5 Å². The normalized spacial score (nSPS) is 16.2. The molecule has 0 radical (unpaired) electrons. The van der Waals surface area contributed by atoms with Gasteiger partial charge in [0.25, 0.3) is 11.5 Å². The van der Waals surface area contributed by atoms with Crippen LogP contribution in [0.25, 0.3) is 21.2 Å². The molecule has 2 fully saturated rings. The molecule has 0 aliphatic carbocycles. The van der Waals surface area contributed by atoms with Crippen LogP contribution in [0.3, 0.4) is 0 Å². The number of nitrogens with one attached hydrogen (secondary N) is 4.